The number of aryl methyl sites for hydroxylation is 2. The van der Waals surface area contributed by atoms with Gasteiger partial charge in [0, 0.05) is 13.1 Å². The number of carbonyl (C=O) groups is 1. The molecular formula is C20H26N2O2. The first-order valence-corrected chi connectivity index (χ1v) is 8.41. The van der Waals surface area contributed by atoms with E-state index in [9.17, 15) is 4.79 Å². The minimum Gasteiger partial charge on any atom is -0.492 e. The third kappa shape index (κ3) is 6.42. The highest BCUT2D eigenvalue weighted by Gasteiger charge is 2.03. The lowest BCUT2D eigenvalue weighted by Crippen LogP contribution is -2.26. The number of hydrogen-bond donors (Lipinski definition) is 2. The fraction of sp³-hybridized carbons (Fsp3) is 0.350. The van der Waals surface area contributed by atoms with Gasteiger partial charge in [0.25, 0.3) is 0 Å². The Kier molecular flexibility index (Phi) is 7.30. The molecule has 0 radical (unpaired) electrons. The Bertz CT molecular complexity index is 621. The lowest BCUT2D eigenvalue weighted by atomic mass is 10.1. The fourth-order valence-corrected chi connectivity index (χ4v) is 2.40. The van der Waals surface area contributed by atoms with Gasteiger partial charge >= 0.3 is 0 Å². The number of carbonyl (C=O) groups excluding carboxylic acids is 1. The van der Waals surface area contributed by atoms with Crippen molar-refractivity contribution in [2.24, 2.45) is 5.73 Å². The molecule has 128 valence electrons. The van der Waals surface area contributed by atoms with E-state index in [1.807, 2.05) is 24.3 Å². The Labute approximate surface area is 144 Å². The summed E-state index contributed by atoms with van der Waals surface area (Å²) in [7, 11) is 0. The van der Waals surface area contributed by atoms with E-state index in [2.05, 4.69) is 36.5 Å². The molecule has 0 atom stereocenters. The van der Waals surface area contributed by atoms with Crippen molar-refractivity contribution in [3.05, 3.63) is 65.2 Å². The average molecular weight is 326 g/mol. The molecule has 0 fully saturated rings. The summed E-state index contributed by atoms with van der Waals surface area (Å²) in [5.74, 6) is 0.831. The number of hydrogen-bond acceptors (Lipinski definition) is 3. The van der Waals surface area contributed by atoms with Crippen LogP contribution in [0.2, 0.25) is 0 Å². The Morgan fingerprint density at radius 1 is 1.04 bits per heavy atom. The summed E-state index contributed by atoms with van der Waals surface area (Å²) in [6.45, 7) is 3.78. The van der Waals surface area contributed by atoms with Crippen LogP contribution in [0, 0.1) is 6.92 Å². The highest BCUT2D eigenvalue weighted by atomic mass is 16.5. The van der Waals surface area contributed by atoms with Crippen LogP contribution in [-0.2, 0) is 17.6 Å². The first-order valence-electron chi connectivity index (χ1n) is 8.41. The van der Waals surface area contributed by atoms with E-state index in [1.54, 1.807) is 0 Å². The number of ether oxygens (including phenoxy) is 1. The zero-order valence-corrected chi connectivity index (χ0v) is 14.3. The molecule has 2 rings (SSSR count). The van der Waals surface area contributed by atoms with Gasteiger partial charge in [-0.05, 0) is 43.0 Å². The molecule has 0 saturated carbocycles. The van der Waals surface area contributed by atoms with Gasteiger partial charge < -0.3 is 15.8 Å². The van der Waals surface area contributed by atoms with Crippen molar-refractivity contribution in [3.63, 3.8) is 0 Å². The molecule has 24 heavy (non-hydrogen) atoms. The summed E-state index contributed by atoms with van der Waals surface area (Å²) in [5, 5.41) is 2.97. The molecule has 0 aromatic heterocycles. The van der Waals surface area contributed by atoms with Crippen LogP contribution in [0.25, 0.3) is 0 Å². The van der Waals surface area contributed by atoms with Gasteiger partial charge in [0.15, 0.2) is 0 Å². The predicted octanol–water partition coefficient (Wildman–Crippen LogP) is 2.62. The van der Waals surface area contributed by atoms with Crippen molar-refractivity contribution in [2.75, 3.05) is 19.7 Å². The molecule has 0 heterocycles. The smallest absolute Gasteiger partial charge is 0.224 e. The SMILES string of the molecule is Cc1ccc(CCCNC(=O)Cc2ccc(OCCN)cc2)cc1. The molecule has 3 N–H and O–H groups in total. The summed E-state index contributed by atoms with van der Waals surface area (Å²) >= 11 is 0. The zero-order valence-electron chi connectivity index (χ0n) is 14.3. The molecule has 0 aliphatic rings. The van der Waals surface area contributed by atoms with Gasteiger partial charge in [-0.3, -0.25) is 4.79 Å². The van der Waals surface area contributed by atoms with Gasteiger partial charge in [-0.2, -0.15) is 0 Å². The molecule has 0 saturated heterocycles. The van der Waals surface area contributed by atoms with E-state index in [0.717, 1.165) is 24.2 Å². The summed E-state index contributed by atoms with van der Waals surface area (Å²) in [4.78, 5) is 12.0. The molecule has 1 amide bonds. The zero-order chi connectivity index (χ0) is 17.2. The van der Waals surface area contributed by atoms with Crippen LogP contribution in [0.1, 0.15) is 23.1 Å². The van der Waals surface area contributed by atoms with Gasteiger partial charge in [-0.1, -0.05) is 42.0 Å². The van der Waals surface area contributed by atoms with Crippen molar-refractivity contribution >= 4 is 5.91 Å². The molecule has 0 aliphatic heterocycles. The third-order valence-corrected chi connectivity index (χ3v) is 3.76. The lowest BCUT2D eigenvalue weighted by Gasteiger charge is -2.07. The van der Waals surface area contributed by atoms with Gasteiger partial charge in [0.2, 0.25) is 5.91 Å². The van der Waals surface area contributed by atoms with Crippen LogP contribution in [0.5, 0.6) is 5.75 Å². The lowest BCUT2D eigenvalue weighted by molar-refractivity contribution is -0.120. The highest BCUT2D eigenvalue weighted by molar-refractivity contribution is 5.78. The van der Waals surface area contributed by atoms with Crippen molar-refractivity contribution in [2.45, 2.75) is 26.2 Å². The third-order valence-electron chi connectivity index (χ3n) is 3.76. The number of nitrogens with one attached hydrogen (secondary N) is 1. The first kappa shape index (κ1) is 18.0. The van der Waals surface area contributed by atoms with E-state index in [1.165, 1.54) is 11.1 Å². The van der Waals surface area contributed by atoms with Crippen molar-refractivity contribution in [3.8, 4) is 5.75 Å². The molecule has 0 bridgehead atoms. The standard InChI is InChI=1S/C20H26N2O2/c1-16-4-6-17(7-5-16)3-2-13-22-20(23)15-18-8-10-19(11-9-18)24-14-12-21/h4-11H,2-3,12-15,21H2,1H3,(H,22,23). The second kappa shape index (κ2) is 9.73. The van der Waals surface area contributed by atoms with Crippen LogP contribution in [0.15, 0.2) is 48.5 Å². The first-order chi connectivity index (χ1) is 11.7. The number of amides is 1. The van der Waals surface area contributed by atoms with Crippen molar-refractivity contribution < 1.29 is 9.53 Å². The van der Waals surface area contributed by atoms with E-state index >= 15 is 0 Å². The van der Waals surface area contributed by atoms with Crippen LogP contribution < -0.4 is 15.8 Å². The molecular weight excluding hydrogens is 300 g/mol. The fourth-order valence-electron chi connectivity index (χ4n) is 2.40. The maximum absolute atomic E-state index is 12.0. The Hall–Kier alpha value is -2.33. The summed E-state index contributed by atoms with van der Waals surface area (Å²) in [6.07, 6.45) is 2.32. The Balaban J connectivity index is 1.66. The number of benzene rings is 2. The largest absolute Gasteiger partial charge is 0.492 e. The second-order valence-corrected chi connectivity index (χ2v) is 5.90. The van der Waals surface area contributed by atoms with Crippen molar-refractivity contribution in [1.82, 2.24) is 5.32 Å². The predicted molar refractivity (Wildman–Crippen MR) is 97.2 cm³/mol. The summed E-state index contributed by atoms with van der Waals surface area (Å²) < 4.78 is 5.42. The van der Waals surface area contributed by atoms with E-state index in [0.29, 0.717) is 26.1 Å². The Morgan fingerprint density at radius 3 is 2.38 bits per heavy atom. The highest BCUT2D eigenvalue weighted by Crippen LogP contribution is 2.12. The van der Waals surface area contributed by atoms with E-state index in [4.69, 9.17) is 10.5 Å². The monoisotopic (exact) mass is 326 g/mol. The Morgan fingerprint density at radius 2 is 1.71 bits per heavy atom. The quantitative estimate of drug-likeness (QED) is 0.696. The molecule has 2 aromatic carbocycles. The van der Waals surface area contributed by atoms with Gasteiger partial charge in [-0.25, -0.2) is 0 Å². The number of nitrogens with two attached hydrogens (primary N) is 1. The topological polar surface area (TPSA) is 64.3 Å². The van der Waals surface area contributed by atoms with Crippen LogP contribution >= 0.6 is 0 Å². The summed E-state index contributed by atoms with van der Waals surface area (Å²) in [6, 6.07) is 16.1. The molecule has 0 spiro atoms. The summed E-state index contributed by atoms with van der Waals surface area (Å²) in [5.41, 5.74) is 8.95. The molecule has 2 aromatic rings. The number of rotatable bonds is 9. The van der Waals surface area contributed by atoms with E-state index < -0.39 is 0 Å². The molecule has 0 aliphatic carbocycles. The van der Waals surface area contributed by atoms with Gasteiger partial charge in [0.1, 0.15) is 12.4 Å². The van der Waals surface area contributed by atoms with Gasteiger partial charge in [0.05, 0.1) is 6.42 Å². The minimum atomic E-state index is 0.0505. The maximum atomic E-state index is 12.0. The van der Waals surface area contributed by atoms with Gasteiger partial charge in [-0.15, -0.1) is 0 Å². The average Bonchev–Trinajstić information content (AvgIpc) is 2.60. The van der Waals surface area contributed by atoms with E-state index in [-0.39, 0.29) is 5.91 Å². The minimum absolute atomic E-state index is 0.0505. The molecule has 4 nitrogen and oxygen atoms in total. The normalized spacial score (nSPS) is 10.4. The molecule has 4 heteroatoms. The second-order valence-electron chi connectivity index (χ2n) is 5.90. The van der Waals surface area contributed by atoms with Crippen molar-refractivity contribution in [1.29, 1.82) is 0 Å². The van der Waals surface area contributed by atoms with Crippen LogP contribution in [0.4, 0.5) is 0 Å². The molecule has 0 unspecified atom stereocenters. The van der Waals surface area contributed by atoms with Crippen LogP contribution in [0.3, 0.4) is 0 Å². The maximum Gasteiger partial charge on any atom is 0.224 e. The van der Waals surface area contributed by atoms with Crippen LogP contribution in [-0.4, -0.2) is 25.6 Å².